The molecule has 2 heterocycles. The number of carbonyl (C=O) groups is 1. The predicted octanol–water partition coefficient (Wildman–Crippen LogP) is 4.14. The third-order valence-corrected chi connectivity index (χ3v) is 5.22. The van der Waals surface area contributed by atoms with E-state index < -0.39 is 11.6 Å². The highest BCUT2D eigenvalue weighted by Crippen LogP contribution is 2.42. The van der Waals surface area contributed by atoms with Crippen LogP contribution in [0, 0.1) is 17.6 Å². The first kappa shape index (κ1) is 18.8. The van der Waals surface area contributed by atoms with Gasteiger partial charge in [-0.2, -0.15) is 0 Å². The van der Waals surface area contributed by atoms with Gasteiger partial charge in [0.25, 0.3) is 5.91 Å². The molecular formula is C21H23F2N3O2. The Morgan fingerprint density at radius 1 is 1.07 bits per heavy atom. The number of amides is 1. The third kappa shape index (κ3) is 4.65. The molecule has 2 fully saturated rings. The van der Waals surface area contributed by atoms with Crippen LogP contribution in [0.15, 0.2) is 30.5 Å². The van der Waals surface area contributed by atoms with Crippen LogP contribution in [0.5, 0.6) is 0 Å². The first-order chi connectivity index (χ1) is 13.6. The van der Waals surface area contributed by atoms with Crippen molar-refractivity contribution >= 4 is 17.4 Å². The van der Waals surface area contributed by atoms with E-state index in [1.54, 1.807) is 6.20 Å². The number of hydrogen-bond acceptors (Lipinski definition) is 4. The maximum absolute atomic E-state index is 13.4. The van der Waals surface area contributed by atoms with Crippen molar-refractivity contribution in [2.75, 3.05) is 25.1 Å². The normalized spacial score (nSPS) is 17.4. The Morgan fingerprint density at radius 2 is 1.79 bits per heavy atom. The van der Waals surface area contributed by atoms with Crippen LogP contribution in [0.3, 0.4) is 0 Å². The zero-order valence-electron chi connectivity index (χ0n) is 15.5. The van der Waals surface area contributed by atoms with Crippen molar-refractivity contribution < 1.29 is 18.3 Å². The number of hydrogen-bond donors (Lipinski definition) is 2. The summed E-state index contributed by atoms with van der Waals surface area (Å²) in [6.07, 6.45) is 5.52. The molecule has 0 unspecified atom stereocenters. The van der Waals surface area contributed by atoms with Crippen molar-refractivity contribution in [2.24, 2.45) is 5.92 Å². The molecule has 2 aromatic rings. The molecule has 1 aromatic heterocycles. The van der Waals surface area contributed by atoms with Gasteiger partial charge in [0.05, 0.1) is 5.56 Å². The number of pyridine rings is 1. The number of nitrogens with one attached hydrogen (secondary N) is 2. The Balaban J connectivity index is 1.48. The smallest absolute Gasteiger partial charge is 0.253 e. The molecule has 1 aliphatic heterocycles. The zero-order valence-corrected chi connectivity index (χ0v) is 15.5. The highest BCUT2D eigenvalue weighted by molar-refractivity contribution is 5.96. The summed E-state index contributed by atoms with van der Waals surface area (Å²) in [7, 11) is 0. The van der Waals surface area contributed by atoms with E-state index in [2.05, 4.69) is 15.6 Å². The van der Waals surface area contributed by atoms with Gasteiger partial charge >= 0.3 is 0 Å². The summed E-state index contributed by atoms with van der Waals surface area (Å²) in [6, 6.07) is 5.04. The van der Waals surface area contributed by atoms with Crippen LogP contribution in [-0.2, 0) is 4.74 Å². The van der Waals surface area contributed by atoms with Gasteiger partial charge in [-0.3, -0.25) is 4.79 Å². The summed E-state index contributed by atoms with van der Waals surface area (Å²) in [4.78, 5) is 17.0. The summed E-state index contributed by atoms with van der Waals surface area (Å²) >= 11 is 0. The average Bonchev–Trinajstić information content (AvgIpc) is 3.51. The van der Waals surface area contributed by atoms with E-state index in [1.165, 1.54) is 12.1 Å². The minimum Gasteiger partial charge on any atom is -0.381 e. The molecule has 148 valence electrons. The third-order valence-electron chi connectivity index (χ3n) is 5.22. The van der Waals surface area contributed by atoms with Crippen molar-refractivity contribution in [3.63, 3.8) is 0 Å². The molecule has 0 atom stereocenters. The van der Waals surface area contributed by atoms with E-state index in [4.69, 9.17) is 4.74 Å². The Kier molecular flexibility index (Phi) is 5.52. The Bertz CT molecular complexity index is 844. The van der Waals surface area contributed by atoms with E-state index in [0.29, 0.717) is 29.8 Å². The fourth-order valence-corrected chi connectivity index (χ4v) is 3.52. The van der Waals surface area contributed by atoms with E-state index in [9.17, 15) is 13.6 Å². The number of aromatic nitrogens is 1. The Morgan fingerprint density at radius 3 is 2.46 bits per heavy atom. The van der Waals surface area contributed by atoms with E-state index in [-0.39, 0.29) is 11.6 Å². The number of ether oxygens (including phenoxy) is 1. The van der Waals surface area contributed by atoms with Crippen LogP contribution in [0.4, 0.5) is 20.3 Å². The van der Waals surface area contributed by atoms with Gasteiger partial charge in [-0.25, -0.2) is 13.8 Å². The molecule has 0 spiro atoms. The molecule has 2 N–H and O–H groups in total. The SMILES string of the molecule is O=C(NCC1CCOCC1)c1cnc(Nc2cc(F)cc(F)c2)cc1C1CC1. The van der Waals surface area contributed by atoms with Gasteiger partial charge in [0, 0.05) is 37.7 Å². The monoisotopic (exact) mass is 387 g/mol. The van der Waals surface area contributed by atoms with Gasteiger partial charge in [0.2, 0.25) is 0 Å². The van der Waals surface area contributed by atoms with Gasteiger partial charge in [-0.05, 0) is 61.3 Å². The Labute approximate surface area is 162 Å². The fraction of sp³-hybridized carbons (Fsp3) is 0.429. The lowest BCUT2D eigenvalue weighted by molar-refractivity contribution is 0.0642. The molecule has 28 heavy (non-hydrogen) atoms. The number of halogens is 2. The number of rotatable bonds is 6. The van der Waals surface area contributed by atoms with Crippen molar-refractivity contribution in [3.05, 3.63) is 53.2 Å². The second kappa shape index (κ2) is 8.22. The molecule has 0 radical (unpaired) electrons. The van der Waals surface area contributed by atoms with Gasteiger partial charge < -0.3 is 15.4 Å². The largest absolute Gasteiger partial charge is 0.381 e. The molecule has 1 aliphatic carbocycles. The minimum absolute atomic E-state index is 0.121. The van der Waals surface area contributed by atoms with Crippen molar-refractivity contribution in [1.29, 1.82) is 0 Å². The van der Waals surface area contributed by atoms with E-state index >= 15 is 0 Å². The van der Waals surface area contributed by atoms with Crippen LogP contribution in [0.25, 0.3) is 0 Å². The second-order valence-corrected chi connectivity index (χ2v) is 7.48. The van der Waals surface area contributed by atoms with E-state index in [1.807, 2.05) is 6.07 Å². The lowest BCUT2D eigenvalue weighted by Gasteiger charge is -2.22. The molecule has 1 saturated carbocycles. The highest BCUT2D eigenvalue weighted by atomic mass is 19.1. The van der Waals surface area contributed by atoms with Crippen molar-refractivity contribution in [1.82, 2.24) is 10.3 Å². The van der Waals surface area contributed by atoms with Gasteiger partial charge in [-0.15, -0.1) is 0 Å². The van der Waals surface area contributed by atoms with Gasteiger partial charge in [0.15, 0.2) is 0 Å². The maximum atomic E-state index is 13.4. The molecule has 5 nitrogen and oxygen atoms in total. The van der Waals surface area contributed by atoms with E-state index in [0.717, 1.165) is 50.5 Å². The molecule has 2 aliphatic rings. The molecule has 1 amide bonds. The topological polar surface area (TPSA) is 63.2 Å². The molecule has 1 saturated heterocycles. The summed E-state index contributed by atoms with van der Waals surface area (Å²) in [5.41, 5.74) is 1.79. The minimum atomic E-state index is -0.658. The van der Waals surface area contributed by atoms with Crippen LogP contribution >= 0.6 is 0 Å². The van der Waals surface area contributed by atoms with Crippen LogP contribution in [0.2, 0.25) is 0 Å². The molecule has 1 aromatic carbocycles. The second-order valence-electron chi connectivity index (χ2n) is 7.48. The van der Waals surface area contributed by atoms with Gasteiger partial charge in [-0.1, -0.05) is 0 Å². The predicted molar refractivity (Wildman–Crippen MR) is 102 cm³/mol. The maximum Gasteiger partial charge on any atom is 0.253 e. The van der Waals surface area contributed by atoms with Crippen molar-refractivity contribution in [3.8, 4) is 0 Å². The van der Waals surface area contributed by atoms with Crippen LogP contribution in [0.1, 0.15) is 47.5 Å². The summed E-state index contributed by atoms with van der Waals surface area (Å²) in [6.45, 7) is 2.13. The summed E-state index contributed by atoms with van der Waals surface area (Å²) in [5, 5.41) is 5.94. The number of anilines is 2. The first-order valence-electron chi connectivity index (χ1n) is 9.67. The fourth-order valence-electron chi connectivity index (χ4n) is 3.52. The summed E-state index contributed by atoms with van der Waals surface area (Å²) < 4.78 is 32.1. The highest BCUT2D eigenvalue weighted by Gasteiger charge is 2.29. The lowest BCUT2D eigenvalue weighted by Crippen LogP contribution is -2.32. The molecular weight excluding hydrogens is 364 g/mol. The Hall–Kier alpha value is -2.54. The van der Waals surface area contributed by atoms with Gasteiger partial charge in [0.1, 0.15) is 17.5 Å². The lowest BCUT2D eigenvalue weighted by atomic mass is 10.00. The standard InChI is InChI=1S/C21H23F2N3O2/c22-15-7-16(23)9-17(8-15)26-20-10-18(14-1-2-14)19(12-24-20)21(27)25-11-13-3-5-28-6-4-13/h7-10,12-14H,1-6,11H2,(H,24,26)(H,25,27). The number of carbonyl (C=O) groups excluding carboxylic acids is 1. The zero-order chi connectivity index (χ0) is 19.5. The quantitative estimate of drug-likeness (QED) is 0.782. The number of nitrogens with zero attached hydrogens (tertiary/aromatic N) is 1. The average molecular weight is 387 g/mol. The van der Waals surface area contributed by atoms with Crippen LogP contribution < -0.4 is 10.6 Å². The number of benzene rings is 1. The first-order valence-corrected chi connectivity index (χ1v) is 9.67. The molecule has 4 rings (SSSR count). The molecule has 7 heteroatoms. The van der Waals surface area contributed by atoms with Crippen LogP contribution in [-0.4, -0.2) is 30.6 Å². The molecule has 0 bridgehead atoms. The van der Waals surface area contributed by atoms with Crippen molar-refractivity contribution in [2.45, 2.75) is 31.6 Å². The summed E-state index contributed by atoms with van der Waals surface area (Å²) in [5.74, 6) is -0.198.